The number of benzene rings is 1. The van der Waals surface area contributed by atoms with Crippen LogP contribution in [-0.4, -0.2) is 32.0 Å². The Bertz CT molecular complexity index is 952. The van der Waals surface area contributed by atoms with Gasteiger partial charge in [0.2, 0.25) is 11.7 Å². The quantitative estimate of drug-likeness (QED) is 0.476. The number of nitrogens with zero attached hydrogens (tertiary/aromatic N) is 5. The molecule has 3 rings (SSSR count). The van der Waals surface area contributed by atoms with E-state index in [-0.39, 0.29) is 11.7 Å². The van der Waals surface area contributed by atoms with Crippen molar-refractivity contribution >= 4 is 17.4 Å². The van der Waals surface area contributed by atoms with Gasteiger partial charge >= 0.3 is 5.82 Å². The Balaban J connectivity index is 1.84. The molecule has 0 aliphatic rings. The predicted octanol–water partition coefficient (Wildman–Crippen LogP) is 3.62. The van der Waals surface area contributed by atoms with Crippen LogP contribution in [0.15, 0.2) is 28.8 Å². The van der Waals surface area contributed by atoms with Crippen molar-refractivity contribution in [2.45, 2.75) is 26.3 Å². The minimum absolute atomic E-state index is 0.190. The van der Waals surface area contributed by atoms with Crippen molar-refractivity contribution in [3.63, 3.8) is 0 Å². The summed E-state index contributed by atoms with van der Waals surface area (Å²) in [4.78, 5) is 14.7. The summed E-state index contributed by atoms with van der Waals surface area (Å²) in [5, 5.41) is 19.3. The predicted molar refractivity (Wildman–Crippen MR) is 93.3 cm³/mol. The number of ether oxygens (including phenoxy) is 1. The van der Waals surface area contributed by atoms with Gasteiger partial charge in [0.15, 0.2) is 0 Å². The van der Waals surface area contributed by atoms with E-state index >= 15 is 0 Å². The number of methoxy groups -OCH3 is 1. The molecule has 0 spiro atoms. The zero-order valence-electron chi connectivity index (χ0n) is 14.3. The second-order valence-corrected chi connectivity index (χ2v) is 6.22. The van der Waals surface area contributed by atoms with Crippen LogP contribution < -0.4 is 4.74 Å². The van der Waals surface area contributed by atoms with Crippen LogP contribution in [0, 0.1) is 17.0 Å². The van der Waals surface area contributed by atoms with Crippen LogP contribution >= 0.6 is 11.6 Å². The van der Waals surface area contributed by atoms with Gasteiger partial charge in [-0.2, -0.15) is 9.67 Å². The molecule has 0 N–H and O–H groups in total. The molecule has 1 atom stereocenters. The van der Waals surface area contributed by atoms with Crippen molar-refractivity contribution in [1.82, 2.24) is 19.9 Å². The summed E-state index contributed by atoms with van der Waals surface area (Å²) in [5.74, 6) is 0.936. The molecule has 0 bridgehead atoms. The summed E-state index contributed by atoms with van der Waals surface area (Å²) in [6, 6.07) is 6.55. The Morgan fingerprint density at radius 1 is 1.42 bits per heavy atom. The van der Waals surface area contributed by atoms with Gasteiger partial charge in [-0.25, -0.2) is 0 Å². The maximum Gasteiger partial charge on any atom is 0.390 e. The van der Waals surface area contributed by atoms with Crippen molar-refractivity contribution in [3.8, 4) is 17.1 Å². The fourth-order valence-electron chi connectivity index (χ4n) is 2.50. The number of halogens is 1. The van der Waals surface area contributed by atoms with Gasteiger partial charge in [-0.15, -0.1) is 0 Å². The fraction of sp³-hybridized carbons (Fsp3) is 0.312. The molecule has 0 aliphatic carbocycles. The zero-order chi connectivity index (χ0) is 18.8. The van der Waals surface area contributed by atoms with E-state index < -0.39 is 4.92 Å². The summed E-state index contributed by atoms with van der Waals surface area (Å²) in [7, 11) is 1.55. The largest absolute Gasteiger partial charge is 0.496 e. The Kier molecular flexibility index (Phi) is 4.90. The number of hydrogen-bond donors (Lipinski definition) is 0. The molecule has 9 nitrogen and oxygen atoms in total. The number of nitro groups is 1. The maximum absolute atomic E-state index is 10.8. The van der Waals surface area contributed by atoms with Gasteiger partial charge in [-0.1, -0.05) is 23.7 Å². The van der Waals surface area contributed by atoms with E-state index in [1.54, 1.807) is 36.9 Å². The lowest BCUT2D eigenvalue weighted by Gasteiger charge is -2.06. The van der Waals surface area contributed by atoms with Gasteiger partial charge in [0, 0.05) is 5.02 Å². The number of rotatable bonds is 6. The van der Waals surface area contributed by atoms with Gasteiger partial charge in [0.1, 0.15) is 5.75 Å². The van der Waals surface area contributed by atoms with Crippen LogP contribution in [-0.2, 0) is 6.54 Å². The normalized spacial score (nSPS) is 12.2. The van der Waals surface area contributed by atoms with E-state index in [0.29, 0.717) is 40.3 Å². The minimum Gasteiger partial charge on any atom is -0.496 e. The monoisotopic (exact) mass is 377 g/mol. The molecular formula is C16H16ClN5O4. The van der Waals surface area contributed by atoms with Crippen LogP contribution in [0.2, 0.25) is 5.02 Å². The maximum atomic E-state index is 10.8. The lowest BCUT2D eigenvalue weighted by Crippen LogP contribution is -2.10. The van der Waals surface area contributed by atoms with Crippen molar-refractivity contribution in [2.75, 3.05) is 7.11 Å². The molecule has 0 saturated heterocycles. The van der Waals surface area contributed by atoms with E-state index in [2.05, 4.69) is 15.2 Å². The third-order valence-corrected chi connectivity index (χ3v) is 4.10. The van der Waals surface area contributed by atoms with E-state index in [4.69, 9.17) is 20.9 Å². The summed E-state index contributed by atoms with van der Waals surface area (Å²) >= 11 is 6.04. The van der Waals surface area contributed by atoms with Gasteiger partial charge < -0.3 is 19.4 Å². The molecule has 0 radical (unpaired) electrons. The Hall–Kier alpha value is -2.94. The second kappa shape index (κ2) is 7.12. The second-order valence-electron chi connectivity index (χ2n) is 5.79. The highest BCUT2D eigenvalue weighted by Gasteiger charge is 2.22. The molecule has 3 aromatic rings. The summed E-state index contributed by atoms with van der Waals surface area (Å²) in [5.41, 5.74) is 1.30. The molecule has 1 unspecified atom stereocenters. The smallest absolute Gasteiger partial charge is 0.390 e. The van der Waals surface area contributed by atoms with Crippen LogP contribution in [0.5, 0.6) is 5.75 Å². The molecule has 2 heterocycles. The minimum atomic E-state index is -0.523. The lowest BCUT2D eigenvalue weighted by atomic mass is 10.1. The van der Waals surface area contributed by atoms with Crippen LogP contribution in [0.3, 0.4) is 0 Å². The molecule has 1 aromatic carbocycles. The van der Waals surface area contributed by atoms with Crippen LogP contribution in [0.1, 0.15) is 24.4 Å². The highest BCUT2D eigenvalue weighted by Crippen LogP contribution is 2.31. The molecule has 26 heavy (non-hydrogen) atoms. The van der Waals surface area contributed by atoms with Crippen molar-refractivity contribution in [2.24, 2.45) is 0 Å². The van der Waals surface area contributed by atoms with Crippen LogP contribution in [0.4, 0.5) is 5.82 Å². The first-order valence-electron chi connectivity index (χ1n) is 7.75. The van der Waals surface area contributed by atoms with Crippen molar-refractivity contribution in [1.29, 1.82) is 0 Å². The van der Waals surface area contributed by atoms with Crippen molar-refractivity contribution < 1.29 is 14.2 Å². The molecular weight excluding hydrogens is 362 g/mol. The highest BCUT2D eigenvalue weighted by molar-refractivity contribution is 6.30. The average molecular weight is 378 g/mol. The van der Waals surface area contributed by atoms with E-state index in [1.807, 2.05) is 6.92 Å². The van der Waals surface area contributed by atoms with Gasteiger partial charge in [-0.3, -0.25) is 0 Å². The zero-order valence-corrected chi connectivity index (χ0v) is 15.1. The highest BCUT2D eigenvalue weighted by atomic mass is 35.5. The Labute approximate surface area is 153 Å². The van der Waals surface area contributed by atoms with E-state index in [0.717, 1.165) is 0 Å². The molecule has 0 saturated carbocycles. The molecule has 0 aliphatic heterocycles. The average Bonchev–Trinajstić information content (AvgIpc) is 3.22. The SMILES string of the molecule is COc1ccc(Cl)cc1-c1noc(C(C)Cn2nc([N+](=O)[O-])cc2C)n1. The molecule has 2 aromatic heterocycles. The Morgan fingerprint density at radius 3 is 2.85 bits per heavy atom. The summed E-state index contributed by atoms with van der Waals surface area (Å²) in [6.45, 7) is 4.00. The van der Waals surface area contributed by atoms with Gasteiger partial charge in [0.05, 0.1) is 42.0 Å². The third kappa shape index (κ3) is 3.52. The van der Waals surface area contributed by atoms with Gasteiger partial charge in [0.25, 0.3) is 0 Å². The summed E-state index contributed by atoms with van der Waals surface area (Å²) in [6.07, 6.45) is 0. The van der Waals surface area contributed by atoms with Crippen molar-refractivity contribution in [3.05, 3.63) is 51.0 Å². The molecule has 0 fully saturated rings. The number of aryl methyl sites for hydroxylation is 1. The van der Waals surface area contributed by atoms with E-state index in [9.17, 15) is 10.1 Å². The standard InChI is InChI=1S/C16H16ClN5O4/c1-9(8-21-10(2)6-14(19-21)22(23)24)16-18-15(20-26-16)12-7-11(17)4-5-13(12)25-3/h4-7,9H,8H2,1-3H3. The fourth-order valence-corrected chi connectivity index (χ4v) is 2.68. The molecule has 136 valence electrons. The number of hydrogen-bond acceptors (Lipinski definition) is 7. The first kappa shape index (κ1) is 17.9. The first-order chi connectivity index (χ1) is 12.4. The van der Waals surface area contributed by atoms with Gasteiger partial charge in [-0.05, 0) is 30.0 Å². The Morgan fingerprint density at radius 2 is 2.19 bits per heavy atom. The molecule has 10 heteroatoms. The van der Waals surface area contributed by atoms with E-state index in [1.165, 1.54) is 6.07 Å². The van der Waals surface area contributed by atoms with Crippen LogP contribution in [0.25, 0.3) is 11.4 Å². The third-order valence-electron chi connectivity index (χ3n) is 3.87. The molecule has 0 amide bonds. The number of aromatic nitrogens is 4. The first-order valence-corrected chi connectivity index (χ1v) is 8.13. The lowest BCUT2D eigenvalue weighted by molar-refractivity contribution is -0.389. The summed E-state index contributed by atoms with van der Waals surface area (Å²) < 4.78 is 12.2. The topological polar surface area (TPSA) is 109 Å².